The van der Waals surface area contributed by atoms with Crippen LogP contribution in [0.2, 0.25) is 0 Å². The molecule has 0 spiro atoms. The molecule has 3 atom stereocenters. The van der Waals surface area contributed by atoms with Gasteiger partial charge in [-0.2, -0.15) is 0 Å². The highest BCUT2D eigenvalue weighted by atomic mass is 19.1. The number of fused-ring (bicyclic) bond motifs is 3. The van der Waals surface area contributed by atoms with E-state index in [-0.39, 0.29) is 5.82 Å². The summed E-state index contributed by atoms with van der Waals surface area (Å²) in [4.78, 5) is 0. The molecule has 2 aliphatic rings. The molecule has 1 saturated heterocycles. The molecule has 2 aromatic carbocycles. The molecule has 1 N–H and O–H groups in total. The predicted octanol–water partition coefficient (Wildman–Crippen LogP) is 4.12. The highest BCUT2D eigenvalue weighted by Gasteiger charge is 2.37. The third-order valence-corrected chi connectivity index (χ3v) is 5.07. The monoisotopic (exact) mass is 281 g/mol. The molecule has 1 aliphatic carbocycles. The smallest absolute Gasteiger partial charge is 0.123 e. The summed E-state index contributed by atoms with van der Waals surface area (Å²) < 4.78 is 13.8. The van der Waals surface area contributed by atoms with Gasteiger partial charge in [-0.1, -0.05) is 30.3 Å². The minimum absolute atomic E-state index is 0.121. The Morgan fingerprint density at radius 3 is 2.71 bits per heavy atom. The summed E-state index contributed by atoms with van der Waals surface area (Å²) in [5.41, 5.74) is 4.98. The Morgan fingerprint density at radius 2 is 1.90 bits per heavy atom. The van der Waals surface area contributed by atoms with Gasteiger partial charge in [-0.3, -0.25) is 0 Å². The summed E-state index contributed by atoms with van der Waals surface area (Å²) in [6.45, 7) is 3.07. The zero-order valence-corrected chi connectivity index (χ0v) is 12.3. The van der Waals surface area contributed by atoms with Crippen molar-refractivity contribution in [3.63, 3.8) is 0 Å². The molecule has 1 aliphatic heterocycles. The second kappa shape index (κ2) is 4.96. The maximum atomic E-state index is 13.8. The minimum atomic E-state index is -0.121. The molecular formula is C19H20FN. The van der Waals surface area contributed by atoms with E-state index in [0.717, 1.165) is 24.1 Å². The zero-order valence-electron chi connectivity index (χ0n) is 12.3. The van der Waals surface area contributed by atoms with Crippen molar-refractivity contribution in [3.8, 4) is 0 Å². The van der Waals surface area contributed by atoms with Crippen LogP contribution in [0.15, 0.2) is 42.5 Å². The van der Waals surface area contributed by atoms with Crippen LogP contribution in [0.25, 0.3) is 0 Å². The number of hydrogen-bond donors (Lipinski definition) is 1. The molecule has 4 rings (SSSR count). The first-order chi connectivity index (χ1) is 10.2. The number of nitrogens with one attached hydrogen (secondary N) is 1. The van der Waals surface area contributed by atoms with Crippen molar-refractivity contribution in [2.45, 2.75) is 37.6 Å². The highest BCUT2D eigenvalue weighted by Crippen LogP contribution is 2.45. The predicted molar refractivity (Wildman–Crippen MR) is 83.2 cm³/mol. The number of rotatable bonds is 1. The van der Waals surface area contributed by atoms with Gasteiger partial charge in [0.05, 0.1) is 0 Å². The van der Waals surface area contributed by atoms with Gasteiger partial charge in [0.15, 0.2) is 0 Å². The van der Waals surface area contributed by atoms with E-state index in [0.29, 0.717) is 17.9 Å². The van der Waals surface area contributed by atoms with Crippen LogP contribution in [0.5, 0.6) is 0 Å². The van der Waals surface area contributed by atoms with Gasteiger partial charge in [-0.25, -0.2) is 4.39 Å². The van der Waals surface area contributed by atoms with E-state index in [1.165, 1.54) is 17.5 Å². The molecule has 1 fully saturated rings. The van der Waals surface area contributed by atoms with Crippen LogP contribution in [0, 0.1) is 12.7 Å². The van der Waals surface area contributed by atoms with Crippen molar-refractivity contribution < 1.29 is 4.39 Å². The molecule has 2 aromatic rings. The Balaban J connectivity index is 1.84. The fourth-order valence-corrected chi connectivity index (χ4v) is 4.22. The molecule has 1 heterocycles. The van der Waals surface area contributed by atoms with E-state index >= 15 is 0 Å². The Hall–Kier alpha value is -1.67. The van der Waals surface area contributed by atoms with Crippen LogP contribution in [-0.4, -0.2) is 12.6 Å². The largest absolute Gasteiger partial charge is 0.313 e. The van der Waals surface area contributed by atoms with Crippen molar-refractivity contribution in [2.75, 3.05) is 6.54 Å². The molecular weight excluding hydrogens is 261 g/mol. The van der Waals surface area contributed by atoms with Crippen molar-refractivity contribution in [3.05, 3.63) is 70.5 Å². The third kappa shape index (κ3) is 2.18. The Labute approximate surface area is 125 Å². The van der Waals surface area contributed by atoms with Gasteiger partial charge in [0.1, 0.15) is 5.82 Å². The van der Waals surface area contributed by atoms with Gasteiger partial charge in [0, 0.05) is 17.9 Å². The van der Waals surface area contributed by atoms with Gasteiger partial charge >= 0.3 is 0 Å². The molecule has 0 saturated carbocycles. The van der Waals surface area contributed by atoms with Crippen LogP contribution < -0.4 is 5.32 Å². The molecule has 0 amide bonds. The normalized spacial score (nSPS) is 27.2. The van der Waals surface area contributed by atoms with Gasteiger partial charge in [-0.05, 0) is 60.7 Å². The van der Waals surface area contributed by atoms with E-state index < -0.39 is 0 Å². The summed E-state index contributed by atoms with van der Waals surface area (Å²) in [5, 5.41) is 3.63. The van der Waals surface area contributed by atoms with E-state index in [1.807, 2.05) is 6.92 Å². The summed E-state index contributed by atoms with van der Waals surface area (Å²) in [6, 6.07) is 14.7. The Bertz CT molecular complexity index is 659. The lowest BCUT2D eigenvalue weighted by Gasteiger charge is -2.34. The molecule has 0 bridgehead atoms. The first-order valence-electron chi connectivity index (χ1n) is 7.81. The molecule has 0 aromatic heterocycles. The average Bonchev–Trinajstić information content (AvgIpc) is 2.94. The fraction of sp³-hybridized carbons (Fsp3) is 0.368. The lowest BCUT2D eigenvalue weighted by atomic mass is 9.72. The Morgan fingerprint density at radius 1 is 1.10 bits per heavy atom. The van der Waals surface area contributed by atoms with E-state index in [4.69, 9.17) is 0 Å². The number of benzene rings is 2. The van der Waals surface area contributed by atoms with Gasteiger partial charge in [0.2, 0.25) is 0 Å². The first kappa shape index (κ1) is 13.0. The van der Waals surface area contributed by atoms with Gasteiger partial charge in [-0.15, -0.1) is 0 Å². The summed E-state index contributed by atoms with van der Waals surface area (Å²) in [6.07, 6.45) is 2.29. The second-order valence-corrected chi connectivity index (χ2v) is 6.43. The zero-order chi connectivity index (χ0) is 14.4. The fourth-order valence-electron chi connectivity index (χ4n) is 4.22. The van der Waals surface area contributed by atoms with Gasteiger partial charge in [0.25, 0.3) is 0 Å². The lowest BCUT2D eigenvalue weighted by molar-refractivity contribution is 0.450. The lowest BCUT2D eigenvalue weighted by Crippen LogP contribution is -2.32. The molecule has 0 radical (unpaired) electrons. The van der Waals surface area contributed by atoms with E-state index in [9.17, 15) is 4.39 Å². The highest BCUT2D eigenvalue weighted by molar-refractivity contribution is 5.44. The number of halogens is 1. The second-order valence-electron chi connectivity index (χ2n) is 6.43. The topological polar surface area (TPSA) is 12.0 Å². The van der Waals surface area contributed by atoms with Crippen LogP contribution in [-0.2, 0) is 0 Å². The van der Waals surface area contributed by atoms with E-state index in [2.05, 4.69) is 35.6 Å². The molecule has 108 valence electrons. The van der Waals surface area contributed by atoms with Crippen molar-refractivity contribution in [1.29, 1.82) is 0 Å². The maximum Gasteiger partial charge on any atom is 0.123 e. The summed E-state index contributed by atoms with van der Waals surface area (Å²) in [5.74, 6) is 0.818. The number of aryl methyl sites for hydroxylation is 1. The third-order valence-electron chi connectivity index (χ3n) is 5.07. The molecule has 21 heavy (non-hydrogen) atoms. The quantitative estimate of drug-likeness (QED) is 0.829. The first-order valence-corrected chi connectivity index (χ1v) is 7.81. The molecule has 1 nitrogen and oxygen atoms in total. The van der Waals surface area contributed by atoms with Crippen molar-refractivity contribution >= 4 is 0 Å². The van der Waals surface area contributed by atoms with Crippen LogP contribution >= 0.6 is 0 Å². The number of hydrogen-bond acceptors (Lipinski definition) is 1. The average molecular weight is 281 g/mol. The maximum absolute atomic E-state index is 13.8. The summed E-state index contributed by atoms with van der Waals surface area (Å²) in [7, 11) is 0. The van der Waals surface area contributed by atoms with Crippen LogP contribution in [0.3, 0.4) is 0 Å². The standard InChI is InChI=1S/C19H20FN/c1-12-8-13(10-14(20)9-12)18-11-19-17(6-7-21-19)15-4-2-3-5-16(15)18/h2-5,8-10,17-19,21H,6-7,11H2,1H3/t17-,18+,19+/m1/s1. The van der Waals surface area contributed by atoms with Crippen LogP contribution in [0.4, 0.5) is 4.39 Å². The van der Waals surface area contributed by atoms with Crippen molar-refractivity contribution in [2.24, 2.45) is 0 Å². The SMILES string of the molecule is Cc1cc(F)cc([C@@H]2C[C@@H]3NCC[C@@H]3c3ccccc32)c1. The molecule has 0 unspecified atom stereocenters. The molecule has 2 heteroatoms. The minimum Gasteiger partial charge on any atom is -0.313 e. The van der Waals surface area contributed by atoms with Crippen molar-refractivity contribution in [1.82, 2.24) is 5.32 Å². The Kier molecular flexibility index (Phi) is 3.07. The van der Waals surface area contributed by atoms with Crippen LogP contribution in [0.1, 0.15) is 46.9 Å². The summed E-state index contributed by atoms with van der Waals surface area (Å²) >= 11 is 0. The van der Waals surface area contributed by atoms with Gasteiger partial charge < -0.3 is 5.32 Å². The van der Waals surface area contributed by atoms with E-state index in [1.54, 1.807) is 12.1 Å².